The second kappa shape index (κ2) is 6.64. The van der Waals surface area contributed by atoms with Crippen LogP contribution < -0.4 is 10.2 Å². The van der Waals surface area contributed by atoms with Crippen molar-refractivity contribution in [3.63, 3.8) is 0 Å². The van der Waals surface area contributed by atoms with Gasteiger partial charge in [0.25, 0.3) is 0 Å². The summed E-state index contributed by atoms with van der Waals surface area (Å²) in [5.41, 5.74) is 1.21. The fraction of sp³-hybridized carbons (Fsp3) is 0.412. The molecule has 5 nitrogen and oxygen atoms in total. The molecule has 0 bridgehead atoms. The van der Waals surface area contributed by atoms with Crippen molar-refractivity contribution in [1.29, 1.82) is 0 Å². The predicted molar refractivity (Wildman–Crippen MR) is 87.3 cm³/mol. The number of hydrogen-bond acceptors (Lipinski definition) is 3. The first kappa shape index (κ1) is 14.6. The van der Waals surface area contributed by atoms with E-state index in [-0.39, 0.29) is 0 Å². The molecule has 1 fully saturated rings. The summed E-state index contributed by atoms with van der Waals surface area (Å²) >= 11 is 0. The van der Waals surface area contributed by atoms with Crippen LogP contribution in [0.25, 0.3) is 10.8 Å². The molecule has 2 heterocycles. The van der Waals surface area contributed by atoms with E-state index in [1.165, 1.54) is 16.5 Å². The van der Waals surface area contributed by atoms with Gasteiger partial charge < -0.3 is 15.3 Å². The largest absolute Gasteiger partial charge is 0.465 e. The predicted octanol–water partition coefficient (Wildman–Crippen LogP) is 3.11. The van der Waals surface area contributed by atoms with Gasteiger partial charge in [-0.2, -0.15) is 0 Å². The van der Waals surface area contributed by atoms with Crippen LogP contribution in [0.5, 0.6) is 0 Å². The van der Waals surface area contributed by atoms with Crippen LogP contribution in [0.3, 0.4) is 0 Å². The lowest BCUT2D eigenvalue weighted by atomic mass is 9.93. The monoisotopic (exact) mass is 299 g/mol. The van der Waals surface area contributed by atoms with Crippen LogP contribution in [-0.2, 0) is 0 Å². The standard InChI is InChI=1S/C17H21N3O2/c21-17(22)19-8-5-13-6-9-20(10-7-13)16-12-18-11-14-3-1-2-4-15(14)16/h1-4,11-13,19H,5-10H2,(H,21,22). The van der Waals surface area contributed by atoms with E-state index in [9.17, 15) is 4.79 Å². The maximum Gasteiger partial charge on any atom is 0.404 e. The molecule has 1 aromatic carbocycles. The lowest BCUT2D eigenvalue weighted by molar-refractivity contribution is 0.193. The minimum Gasteiger partial charge on any atom is -0.465 e. The molecule has 0 saturated carbocycles. The molecule has 22 heavy (non-hydrogen) atoms. The van der Waals surface area contributed by atoms with Gasteiger partial charge in [0.05, 0.1) is 11.9 Å². The fourth-order valence-corrected chi connectivity index (χ4v) is 3.20. The normalized spacial score (nSPS) is 15.9. The molecular weight excluding hydrogens is 278 g/mol. The molecule has 5 heteroatoms. The highest BCUT2D eigenvalue weighted by molar-refractivity contribution is 5.93. The third-order valence-corrected chi connectivity index (χ3v) is 4.43. The zero-order chi connectivity index (χ0) is 15.4. The molecule has 0 unspecified atom stereocenters. The Bertz CT molecular complexity index is 646. The third kappa shape index (κ3) is 3.30. The van der Waals surface area contributed by atoms with E-state index in [1.807, 2.05) is 18.5 Å². The summed E-state index contributed by atoms with van der Waals surface area (Å²) in [5, 5.41) is 13.5. The van der Waals surface area contributed by atoms with Crippen LogP contribution in [0.1, 0.15) is 19.3 Å². The number of carboxylic acid groups (broad SMARTS) is 1. The number of nitrogens with zero attached hydrogens (tertiary/aromatic N) is 2. The zero-order valence-electron chi connectivity index (χ0n) is 12.5. The maximum absolute atomic E-state index is 10.5. The topological polar surface area (TPSA) is 65.5 Å². The van der Waals surface area contributed by atoms with Gasteiger partial charge in [0.2, 0.25) is 0 Å². The van der Waals surface area contributed by atoms with Gasteiger partial charge in [0.1, 0.15) is 0 Å². The molecule has 0 aliphatic carbocycles. The van der Waals surface area contributed by atoms with Crippen molar-refractivity contribution in [2.24, 2.45) is 5.92 Å². The Balaban J connectivity index is 1.62. The fourth-order valence-electron chi connectivity index (χ4n) is 3.20. The molecule has 3 rings (SSSR count). The number of nitrogens with one attached hydrogen (secondary N) is 1. The van der Waals surface area contributed by atoms with Crippen LogP contribution in [-0.4, -0.2) is 35.8 Å². The summed E-state index contributed by atoms with van der Waals surface area (Å²) in [5.74, 6) is 0.603. The van der Waals surface area contributed by atoms with E-state index in [4.69, 9.17) is 5.11 Å². The van der Waals surface area contributed by atoms with Crippen molar-refractivity contribution in [1.82, 2.24) is 10.3 Å². The summed E-state index contributed by atoms with van der Waals surface area (Å²) in [6.07, 6.45) is 6.06. The van der Waals surface area contributed by atoms with Gasteiger partial charge in [-0.1, -0.05) is 24.3 Å². The first-order valence-electron chi connectivity index (χ1n) is 7.78. The number of carbonyl (C=O) groups is 1. The van der Waals surface area contributed by atoms with E-state index >= 15 is 0 Å². The van der Waals surface area contributed by atoms with Gasteiger partial charge >= 0.3 is 6.09 Å². The Labute approximate surface area is 130 Å². The molecule has 1 aliphatic heterocycles. The van der Waals surface area contributed by atoms with Crippen LogP contribution >= 0.6 is 0 Å². The van der Waals surface area contributed by atoms with E-state index in [0.717, 1.165) is 32.4 Å². The third-order valence-electron chi connectivity index (χ3n) is 4.43. The number of aromatic nitrogens is 1. The number of pyridine rings is 1. The van der Waals surface area contributed by atoms with E-state index in [2.05, 4.69) is 33.4 Å². The van der Waals surface area contributed by atoms with Gasteiger partial charge in [-0.25, -0.2) is 4.79 Å². The summed E-state index contributed by atoms with van der Waals surface area (Å²) in [4.78, 5) is 17.2. The van der Waals surface area contributed by atoms with Crippen molar-refractivity contribution in [2.45, 2.75) is 19.3 Å². The highest BCUT2D eigenvalue weighted by Crippen LogP contribution is 2.30. The SMILES string of the molecule is O=C(O)NCCC1CCN(c2cncc3ccccc23)CC1. The lowest BCUT2D eigenvalue weighted by Gasteiger charge is -2.34. The zero-order valence-corrected chi connectivity index (χ0v) is 12.5. The number of benzene rings is 1. The highest BCUT2D eigenvalue weighted by Gasteiger charge is 2.20. The molecule has 0 spiro atoms. The highest BCUT2D eigenvalue weighted by atomic mass is 16.4. The van der Waals surface area contributed by atoms with Crippen LogP contribution in [0.2, 0.25) is 0 Å². The summed E-state index contributed by atoms with van der Waals surface area (Å²) in [6, 6.07) is 8.34. The number of fused-ring (bicyclic) bond motifs is 1. The quantitative estimate of drug-likeness (QED) is 0.910. The molecular formula is C17H21N3O2. The van der Waals surface area contributed by atoms with E-state index in [1.54, 1.807) is 0 Å². The average Bonchev–Trinajstić information content (AvgIpc) is 2.55. The molecule has 116 valence electrons. The summed E-state index contributed by atoms with van der Waals surface area (Å²) in [7, 11) is 0. The Morgan fingerprint density at radius 2 is 2.05 bits per heavy atom. The Morgan fingerprint density at radius 1 is 1.27 bits per heavy atom. The average molecular weight is 299 g/mol. The summed E-state index contributed by atoms with van der Waals surface area (Å²) < 4.78 is 0. The molecule has 1 aromatic heterocycles. The molecule has 2 N–H and O–H groups in total. The van der Waals surface area contributed by atoms with E-state index < -0.39 is 6.09 Å². The Kier molecular flexibility index (Phi) is 4.42. The van der Waals surface area contributed by atoms with Gasteiger partial charge in [-0.3, -0.25) is 4.98 Å². The molecule has 1 aliphatic rings. The molecule has 1 amide bonds. The van der Waals surface area contributed by atoms with Crippen LogP contribution in [0.15, 0.2) is 36.7 Å². The number of anilines is 1. The van der Waals surface area contributed by atoms with Crippen molar-refractivity contribution < 1.29 is 9.90 Å². The van der Waals surface area contributed by atoms with Crippen molar-refractivity contribution >= 4 is 22.6 Å². The lowest BCUT2D eigenvalue weighted by Crippen LogP contribution is -2.35. The van der Waals surface area contributed by atoms with Crippen molar-refractivity contribution in [3.8, 4) is 0 Å². The van der Waals surface area contributed by atoms with Crippen LogP contribution in [0.4, 0.5) is 10.5 Å². The first-order valence-corrected chi connectivity index (χ1v) is 7.78. The Morgan fingerprint density at radius 3 is 2.82 bits per heavy atom. The van der Waals surface area contributed by atoms with Gasteiger partial charge in [0.15, 0.2) is 0 Å². The molecule has 0 atom stereocenters. The smallest absolute Gasteiger partial charge is 0.404 e. The van der Waals surface area contributed by atoms with Gasteiger partial charge in [-0.05, 0) is 25.2 Å². The number of piperidine rings is 1. The second-order valence-electron chi connectivity index (χ2n) is 5.83. The van der Waals surface area contributed by atoms with Crippen molar-refractivity contribution in [3.05, 3.63) is 36.7 Å². The van der Waals surface area contributed by atoms with E-state index in [0.29, 0.717) is 12.5 Å². The molecule has 2 aromatic rings. The number of amides is 1. The minimum atomic E-state index is -0.931. The summed E-state index contributed by atoms with van der Waals surface area (Å²) in [6.45, 7) is 2.57. The second-order valence-corrected chi connectivity index (χ2v) is 5.83. The maximum atomic E-state index is 10.5. The number of rotatable bonds is 4. The van der Waals surface area contributed by atoms with Crippen molar-refractivity contribution in [2.75, 3.05) is 24.5 Å². The Hall–Kier alpha value is -2.30. The first-order chi connectivity index (χ1) is 10.7. The minimum absolute atomic E-state index is 0.551. The van der Waals surface area contributed by atoms with Gasteiger partial charge in [0, 0.05) is 36.6 Å². The molecule has 1 saturated heterocycles. The van der Waals surface area contributed by atoms with Gasteiger partial charge in [-0.15, -0.1) is 0 Å². The molecule has 0 radical (unpaired) electrons. The number of hydrogen-bond donors (Lipinski definition) is 2. The van der Waals surface area contributed by atoms with Crippen LogP contribution in [0, 0.1) is 5.92 Å².